The van der Waals surface area contributed by atoms with Gasteiger partial charge in [-0.3, -0.25) is 19.2 Å². The van der Waals surface area contributed by atoms with Crippen LogP contribution in [0.4, 0.5) is 0 Å². The van der Waals surface area contributed by atoms with Crippen LogP contribution < -0.4 is 16.4 Å². The van der Waals surface area contributed by atoms with E-state index in [1.54, 1.807) is 13.8 Å². The zero-order chi connectivity index (χ0) is 23.9. The van der Waals surface area contributed by atoms with Gasteiger partial charge in [-0.05, 0) is 31.1 Å². The Balaban J connectivity index is 2.96. The van der Waals surface area contributed by atoms with E-state index < -0.39 is 60.2 Å². The monoisotopic (exact) mass is 442 g/mol. The van der Waals surface area contributed by atoms with E-state index in [-0.39, 0.29) is 11.8 Å². The van der Waals surface area contributed by atoms with Crippen LogP contribution in [0.1, 0.15) is 53.4 Å². The van der Waals surface area contributed by atoms with Gasteiger partial charge < -0.3 is 31.5 Å². The zero-order valence-corrected chi connectivity index (χ0v) is 18.5. The predicted molar refractivity (Wildman–Crippen MR) is 111 cm³/mol. The van der Waals surface area contributed by atoms with E-state index in [4.69, 9.17) is 10.8 Å². The van der Waals surface area contributed by atoms with Crippen molar-refractivity contribution in [3.63, 3.8) is 0 Å². The molecule has 176 valence electrons. The third-order valence-electron chi connectivity index (χ3n) is 5.12. The molecule has 1 aliphatic heterocycles. The van der Waals surface area contributed by atoms with Gasteiger partial charge in [0.25, 0.3) is 0 Å². The minimum atomic E-state index is -1.32. The Hall–Kier alpha value is -2.69. The van der Waals surface area contributed by atoms with Crippen LogP contribution in [0.3, 0.4) is 0 Å². The minimum Gasteiger partial charge on any atom is -0.481 e. The highest BCUT2D eigenvalue weighted by atomic mass is 16.4. The van der Waals surface area contributed by atoms with Crippen LogP contribution in [-0.4, -0.2) is 75.5 Å². The summed E-state index contributed by atoms with van der Waals surface area (Å²) in [6.45, 7) is 7.42. The van der Waals surface area contributed by atoms with E-state index in [0.29, 0.717) is 25.8 Å². The summed E-state index contributed by atoms with van der Waals surface area (Å²) in [5.41, 5.74) is 5.57. The van der Waals surface area contributed by atoms with E-state index in [9.17, 15) is 29.1 Å². The molecule has 6 N–H and O–H groups in total. The molecule has 0 aliphatic carbocycles. The number of likely N-dealkylation sites (tertiary alicyclic amines) is 1. The van der Waals surface area contributed by atoms with Gasteiger partial charge in [-0.2, -0.15) is 0 Å². The summed E-state index contributed by atoms with van der Waals surface area (Å²) in [5.74, 6) is -4.52. The number of nitrogens with one attached hydrogen (secondary N) is 2. The lowest BCUT2D eigenvalue weighted by molar-refractivity contribution is -0.149. The fourth-order valence-corrected chi connectivity index (χ4v) is 3.52. The van der Waals surface area contributed by atoms with Crippen LogP contribution in [0, 0.1) is 11.8 Å². The van der Waals surface area contributed by atoms with Gasteiger partial charge in [0.15, 0.2) is 0 Å². The standard InChI is InChI=1S/C20H34N4O7/c1-10(2)8-13(19(29)24-7-5-6-14(24)20(30)31)22-18(28)16(11(3)4)23-17(27)12(21)9-15(25)26/h10-14,16H,5-9,21H2,1-4H3,(H,22,28)(H,23,27)(H,25,26)(H,30,31). The number of hydrogen-bond acceptors (Lipinski definition) is 6. The fourth-order valence-electron chi connectivity index (χ4n) is 3.52. The molecular weight excluding hydrogens is 408 g/mol. The molecule has 1 rings (SSSR count). The number of carboxylic acid groups (broad SMARTS) is 2. The summed E-state index contributed by atoms with van der Waals surface area (Å²) in [7, 11) is 0. The lowest BCUT2D eigenvalue weighted by Gasteiger charge is -2.30. The molecule has 1 saturated heterocycles. The number of amides is 3. The Morgan fingerprint density at radius 3 is 2.13 bits per heavy atom. The number of nitrogens with zero attached hydrogens (tertiary/aromatic N) is 1. The van der Waals surface area contributed by atoms with Gasteiger partial charge in [-0.1, -0.05) is 27.7 Å². The number of rotatable bonds is 11. The third-order valence-corrected chi connectivity index (χ3v) is 5.12. The van der Waals surface area contributed by atoms with Gasteiger partial charge in [0.1, 0.15) is 18.1 Å². The molecular formula is C20H34N4O7. The van der Waals surface area contributed by atoms with Crippen LogP contribution in [0.15, 0.2) is 0 Å². The van der Waals surface area contributed by atoms with Gasteiger partial charge in [0.2, 0.25) is 17.7 Å². The Morgan fingerprint density at radius 2 is 1.65 bits per heavy atom. The third kappa shape index (κ3) is 7.82. The van der Waals surface area contributed by atoms with Crippen molar-refractivity contribution in [2.45, 2.75) is 77.5 Å². The predicted octanol–water partition coefficient (Wildman–Crippen LogP) is -0.464. The highest BCUT2D eigenvalue weighted by Crippen LogP contribution is 2.20. The second-order valence-electron chi connectivity index (χ2n) is 8.65. The average molecular weight is 443 g/mol. The maximum absolute atomic E-state index is 13.1. The first kappa shape index (κ1) is 26.3. The molecule has 1 fully saturated rings. The molecule has 0 spiro atoms. The maximum Gasteiger partial charge on any atom is 0.326 e. The van der Waals surface area contributed by atoms with Crippen molar-refractivity contribution in [1.82, 2.24) is 15.5 Å². The van der Waals surface area contributed by atoms with Gasteiger partial charge in [-0.15, -0.1) is 0 Å². The van der Waals surface area contributed by atoms with E-state index in [1.165, 1.54) is 4.90 Å². The Kier molecular flexibility index (Phi) is 9.89. The first-order valence-electron chi connectivity index (χ1n) is 10.5. The van der Waals surface area contributed by atoms with E-state index in [0.717, 1.165) is 0 Å². The van der Waals surface area contributed by atoms with Gasteiger partial charge in [-0.25, -0.2) is 4.79 Å². The Bertz CT molecular complexity index is 695. The molecule has 0 radical (unpaired) electrons. The summed E-state index contributed by atoms with van der Waals surface area (Å²) in [4.78, 5) is 61.7. The van der Waals surface area contributed by atoms with Crippen LogP contribution in [-0.2, 0) is 24.0 Å². The second-order valence-corrected chi connectivity index (χ2v) is 8.65. The van der Waals surface area contributed by atoms with Gasteiger partial charge in [0, 0.05) is 6.54 Å². The SMILES string of the molecule is CC(C)CC(NC(=O)C(NC(=O)C(N)CC(=O)O)C(C)C)C(=O)N1CCCC1C(=O)O. The van der Waals surface area contributed by atoms with E-state index in [2.05, 4.69) is 10.6 Å². The highest BCUT2D eigenvalue weighted by Gasteiger charge is 2.39. The second kappa shape index (κ2) is 11.6. The van der Waals surface area contributed by atoms with Crippen molar-refractivity contribution in [3.8, 4) is 0 Å². The Labute approximate surface area is 181 Å². The van der Waals surface area contributed by atoms with Crippen molar-refractivity contribution < 1.29 is 34.2 Å². The van der Waals surface area contributed by atoms with Crippen molar-refractivity contribution in [1.29, 1.82) is 0 Å². The molecule has 1 heterocycles. The molecule has 0 bridgehead atoms. The molecule has 0 aromatic heterocycles. The van der Waals surface area contributed by atoms with Gasteiger partial charge >= 0.3 is 11.9 Å². The molecule has 11 nitrogen and oxygen atoms in total. The van der Waals surface area contributed by atoms with E-state index >= 15 is 0 Å². The number of nitrogens with two attached hydrogens (primary N) is 1. The summed E-state index contributed by atoms with van der Waals surface area (Å²) in [6, 6.07) is -4.23. The molecule has 4 atom stereocenters. The van der Waals surface area contributed by atoms with Crippen LogP contribution in [0.2, 0.25) is 0 Å². The number of aliphatic carboxylic acids is 2. The summed E-state index contributed by atoms with van der Waals surface area (Å²) >= 11 is 0. The number of hydrogen-bond donors (Lipinski definition) is 5. The summed E-state index contributed by atoms with van der Waals surface area (Å²) < 4.78 is 0. The number of carbonyl (C=O) groups excluding carboxylic acids is 3. The molecule has 31 heavy (non-hydrogen) atoms. The van der Waals surface area contributed by atoms with Crippen molar-refractivity contribution >= 4 is 29.7 Å². The highest BCUT2D eigenvalue weighted by molar-refractivity contribution is 5.95. The zero-order valence-electron chi connectivity index (χ0n) is 18.5. The molecule has 0 aromatic rings. The Morgan fingerprint density at radius 1 is 1.03 bits per heavy atom. The number of carbonyl (C=O) groups is 5. The first-order chi connectivity index (χ1) is 14.3. The smallest absolute Gasteiger partial charge is 0.326 e. The minimum absolute atomic E-state index is 0.0382. The largest absolute Gasteiger partial charge is 0.481 e. The average Bonchev–Trinajstić information content (AvgIpc) is 3.13. The van der Waals surface area contributed by atoms with E-state index in [1.807, 2.05) is 13.8 Å². The summed E-state index contributed by atoms with van der Waals surface area (Å²) in [5, 5.41) is 23.3. The van der Waals surface area contributed by atoms with Crippen LogP contribution in [0.25, 0.3) is 0 Å². The maximum atomic E-state index is 13.1. The van der Waals surface area contributed by atoms with Crippen LogP contribution >= 0.6 is 0 Å². The molecule has 3 amide bonds. The van der Waals surface area contributed by atoms with Gasteiger partial charge in [0.05, 0.1) is 12.5 Å². The number of carboxylic acids is 2. The normalized spacial score (nSPS) is 19.1. The molecule has 4 unspecified atom stereocenters. The van der Waals surface area contributed by atoms with Crippen LogP contribution in [0.5, 0.6) is 0 Å². The molecule has 0 saturated carbocycles. The molecule has 11 heteroatoms. The van der Waals surface area contributed by atoms with Crippen molar-refractivity contribution in [2.75, 3.05) is 6.54 Å². The fraction of sp³-hybridized carbons (Fsp3) is 0.750. The lowest BCUT2D eigenvalue weighted by atomic mass is 9.99. The molecule has 1 aliphatic rings. The first-order valence-corrected chi connectivity index (χ1v) is 10.5. The summed E-state index contributed by atoms with van der Waals surface area (Å²) in [6.07, 6.45) is 0.635. The topological polar surface area (TPSA) is 179 Å². The lowest BCUT2D eigenvalue weighted by Crippen LogP contribution is -2.58. The van der Waals surface area contributed by atoms with Crippen molar-refractivity contribution in [2.24, 2.45) is 17.6 Å². The van der Waals surface area contributed by atoms with Crippen molar-refractivity contribution in [3.05, 3.63) is 0 Å². The molecule has 0 aromatic carbocycles. The quantitative estimate of drug-likeness (QED) is 0.285.